The van der Waals surface area contributed by atoms with E-state index in [0.717, 1.165) is 13.8 Å². The lowest BCUT2D eigenvalue weighted by Gasteiger charge is -2.34. The van der Waals surface area contributed by atoms with Gasteiger partial charge in [0.1, 0.15) is 55.4 Å². The Bertz CT molecular complexity index is 662. The van der Waals surface area contributed by atoms with Gasteiger partial charge in [-0.3, -0.25) is 28.8 Å². The highest BCUT2D eigenvalue weighted by atomic mass is 16.6. The number of hydrogen-bond acceptors (Lipinski definition) is 10. The molecule has 1 heterocycles. The number of carbonyl (C=O) groups is 6. The number of esters is 3. The fourth-order valence-corrected chi connectivity index (χ4v) is 2.93. The minimum atomic E-state index is -1.52. The van der Waals surface area contributed by atoms with E-state index in [1.165, 1.54) is 6.92 Å². The molecule has 1 rings (SSSR count). The molecular formula is C19H27NO9. The highest BCUT2D eigenvalue weighted by Crippen LogP contribution is 2.28. The van der Waals surface area contributed by atoms with Gasteiger partial charge in [-0.1, -0.05) is 6.92 Å². The third-order valence-corrected chi connectivity index (χ3v) is 4.88. The third kappa shape index (κ3) is 6.45. The van der Waals surface area contributed by atoms with Crippen LogP contribution in [0.25, 0.3) is 0 Å². The van der Waals surface area contributed by atoms with Crippen molar-refractivity contribution in [3.05, 3.63) is 0 Å². The van der Waals surface area contributed by atoms with Crippen molar-refractivity contribution in [2.45, 2.75) is 46.6 Å². The zero-order valence-electron chi connectivity index (χ0n) is 17.0. The van der Waals surface area contributed by atoms with Crippen molar-refractivity contribution in [2.75, 3.05) is 19.8 Å². The van der Waals surface area contributed by atoms with Gasteiger partial charge in [0.05, 0.1) is 5.41 Å². The van der Waals surface area contributed by atoms with Crippen molar-refractivity contribution in [1.29, 1.82) is 0 Å². The number of hydrogen-bond donors (Lipinski definition) is 1. The van der Waals surface area contributed by atoms with Gasteiger partial charge < -0.3 is 19.9 Å². The predicted octanol–water partition coefficient (Wildman–Crippen LogP) is -0.257. The molecule has 0 spiro atoms. The van der Waals surface area contributed by atoms with E-state index in [1.807, 2.05) is 0 Å². The van der Waals surface area contributed by atoms with E-state index in [1.54, 1.807) is 6.92 Å². The molecular weight excluding hydrogens is 386 g/mol. The predicted molar refractivity (Wildman–Crippen MR) is 97.2 cm³/mol. The van der Waals surface area contributed by atoms with E-state index in [-0.39, 0.29) is 32.0 Å². The summed E-state index contributed by atoms with van der Waals surface area (Å²) < 4.78 is 15.6. The average molecular weight is 413 g/mol. The third-order valence-electron chi connectivity index (χ3n) is 4.88. The minimum absolute atomic E-state index is 0.266. The summed E-state index contributed by atoms with van der Waals surface area (Å²) in [7, 11) is 0. The zero-order chi connectivity index (χ0) is 22.4. The molecule has 1 fully saturated rings. The Labute approximate surface area is 168 Å². The first-order valence-electron chi connectivity index (χ1n) is 9.19. The standard InChI is InChI=1S/C19H27NO9/c1-5-19(7-27-13(24)6-10(2)21)8-28-17(25)14(11(3)22)16(20)15(12(4)23)18(26)29-9-19/h14-16H,5-9,20H2,1-4H3. The molecule has 162 valence electrons. The lowest BCUT2D eigenvalue weighted by atomic mass is 9.83. The van der Waals surface area contributed by atoms with E-state index >= 15 is 0 Å². The summed E-state index contributed by atoms with van der Waals surface area (Å²) in [5.41, 5.74) is 4.79. The molecule has 2 atom stereocenters. The summed E-state index contributed by atoms with van der Waals surface area (Å²) in [6.45, 7) is 4.22. The Morgan fingerprint density at radius 3 is 1.79 bits per heavy atom. The molecule has 0 aromatic heterocycles. The summed E-state index contributed by atoms with van der Waals surface area (Å²) in [5, 5.41) is 0. The van der Waals surface area contributed by atoms with Crippen LogP contribution in [-0.4, -0.2) is 61.1 Å². The van der Waals surface area contributed by atoms with Crippen LogP contribution in [0.5, 0.6) is 0 Å². The van der Waals surface area contributed by atoms with Gasteiger partial charge in [-0.2, -0.15) is 0 Å². The van der Waals surface area contributed by atoms with Gasteiger partial charge in [0.15, 0.2) is 0 Å². The monoisotopic (exact) mass is 413 g/mol. The molecule has 0 saturated carbocycles. The first-order valence-corrected chi connectivity index (χ1v) is 9.19. The van der Waals surface area contributed by atoms with Crippen molar-refractivity contribution in [2.24, 2.45) is 23.0 Å². The van der Waals surface area contributed by atoms with Crippen LogP contribution >= 0.6 is 0 Å². The molecule has 29 heavy (non-hydrogen) atoms. The van der Waals surface area contributed by atoms with E-state index in [0.29, 0.717) is 0 Å². The molecule has 0 aromatic carbocycles. The number of ketones is 3. The van der Waals surface area contributed by atoms with Crippen molar-refractivity contribution in [1.82, 2.24) is 0 Å². The Hall–Kier alpha value is -2.62. The van der Waals surface area contributed by atoms with Crippen LogP contribution in [0.4, 0.5) is 0 Å². The number of carbonyl (C=O) groups excluding carboxylic acids is 6. The van der Waals surface area contributed by atoms with E-state index < -0.39 is 59.2 Å². The molecule has 1 saturated heterocycles. The summed E-state index contributed by atoms with van der Waals surface area (Å²) in [4.78, 5) is 71.7. The van der Waals surface area contributed by atoms with Crippen LogP contribution < -0.4 is 5.73 Å². The van der Waals surface area contributed by atoms with Gasteiger partial charge in [0, 0.05) is 6.04 Å². The van der Waals surface area contributed by atoms with Crippen molar-refractivity contribution in [3.8, 4) is 0 Å². The van der Waals surface area contributed by atoms with Crippen molar-refractivity contribution >= 4 is 35.3 Å². The molecule has 2 unspecified atom stereocenters. The molecule has 0 radical (unpaired) electrons. The Kier molecular flexibility index (Phi) is 8.62. The molecule has 10 nitrogen and oxygen atoms in total. The van der Waals surface area contributed by atoms with Gasteiger partial charge in [0.2, 0.25) is 0 Å². The topological polar surface area (TPSA) is 156 Å². The van der Waals surface area contributed by atoms with Crippen LogP contribution in [0.15, 0.2) is 0 Å². The molecule has 2 N–H and O–H groups in total. The van der Waals surface area contributed by atoms with E-state index in [4.69, 9.17) is 19.9 Å². The van der Waals surface area contributed by atoms with Gasteiger partial charge in [-0.05, 0) is 27.2 Å². The van der Waals surface area contributed by atoms with E-state index in [2.05, 4.69) is 0 Å². The highest BCUT2D eigenvalue weighted by molar-refractivity contribution is 6.03. The van der Waals surface area contributed by atoms with Crippen LogP contribution in [0.2, 0.25) is 0 Å². The first kappa shape index (κ1) is 24.4. The summed E-state index contributed by atoms with van der Waals surface area (Å²) >= 11 is 0. The maximum absolute atomic E-state index is 12.5. The maximum Gasteiger partial charge on any atom is 0.318 e. The number of Topliss-reactive ketones (excluding diaryl/α,β-unsaturated/α-hetero) is 3. The summed E-state index contributed by atoms with van der Waals surface area (Å²) in [6, 6.07) is -1.42. The molecule has 0 aliphatic carbocycles. The van der Waals surface area contributed by atoms with Crippen LogP contribution in [-0.2, 0) is 43.0 Å². The van der Waals surface area contributed by atoms with Gasteiger partial charge in [-0.15, -0.1) is 0 Å². The van der Waals surface area contributed by atoms with Crippen molar-refractivity contribution in [3.63, 3.8) is 0 Å². The van der Waals surface area contributed by atoms with Gasteiger partial charge in [0.25, 0.3) is 0 Å². The molecule has 0 bridgehead atoms. The average Bonchev–Trinajstić information content (AvgIpc) is 2.60. The van der Waals surface area contributed by atoms with Crippen LogP contribution in [0, 0.1) is 17.3 Å². The smallest absolute Gasteiger partial charge is 0.318 e. The van der Waals surface area contributed by atoms with Gasteiger partial charge >= 0.3 is 17.9 Å². The normalized spacial score (nSPS) is 28.0. The Balaban J connectivity index is 3.17. The largest absolute Gasteiger partial charge is 0.464 e. The first-order chi connectivity index (χ1) is 13.4. The fourth-order valence-electron chi connectivity index (χ4n) is 2.93. The Morgan fingerprint density at radius 2 is 1.45 bits per heavy atom. The second kappa shape index (κ2) is 10.2. The van der Waals surface area contributed by atoms with Crippen molar-refractivity contribution < 1.29 is 43.0 Å². The lowest BCUT2D eigenvalue weighted by Crippen LogP contribution is -2.53. The summed E-state index contributed by atoms with van der Waals surface area (Å²) in [5.74, 6) is -7.46. The number of rotatable bonds is 7. The molecule has 0 amide bonds. The highest BCUT2D eigenvalue weighted by Gasteiger charge is 2.45. The van der Waals surface area contributed by atoms with Gasteiger partial charge in [-0.25, -0.2) is 0 Å². The Morgan fingerprint density at radius 1 is 1.00 bits per heavy atom. The molecule has 0 aromatic rings. The number of nitrogens with two attached hydrogens (primary N) is 1. The SMILES string of the molecule is CCC1(COC(=O)CC(C)=O)COC(=O)C(C(C)=O)C(N)C(C(C)=O)C(=O)OC1. The molecule has 10 heteroatoms. The molecule has 1 aliphatic heterocycles. The second-order valence-corrected chi connectivity index (χ2v) is 7.36. The second-order valence-electron chi connectivity index (χ2n) is 7.36. The zero-order valence-corrected chi connectivity index (χ0v) is 17.0. The fraction of sp³-hybridized carbons (Fsp3) is 0.684. The van der Waals surface area contributed by atoms with E-state index in [9.17, 15) is 28.8 Å². The quantitative estimate of drug-likeness (QED) is 0.335. The minimum Gasteiger partial charge on any atom is -0.464 e. The lowest BCUT2D eigenvalue weighted by molar-refractivity contribution is -0.172. The van der Waals surface area contributed by atoms with Crippen LogP contribution in [0.1, 0.15) is 40.5 Å². The molecule has 1 aliphatic rings. The number of ether oxygens (including phenoxy) is 3. The summed E-state index contributed by atoms with van der Waals surface area (Å²) in [6.07, 6.45) is -0.157. The van der Waals surface area contributed by atoms with Crippen LogP contribution in [0.3, 0.4) is 0 Å². The number of cyclic esters (lactones) is 2. The maximum atomic E-state index is 12.5.